The number of carboxylic acid groups (broad SMARTS) is 1. The predicted octanol–water partition coefficient (Wildman–Crippen LogP) is 6.61. The lowest BCUT2D eigenvalue weighted by Crippen LogP contribution is -2.56. The lowest BCUT2D eigenvalue weighted by molar-refractivity contribution is -0.143. The zero-order valence-electron chi connectivity index (χ0n) is 25.2. The maximum atomic E-state index is 13.2. The first-order valence-electron chi connectivity index (χ1n) is 15.0. The second-order valence-electron chi connectivity index (χ2n) is 12.2. The number of hydrogen-bond acceptors (Lipinski definition) is 6. The van der Waals surface area contributed by atoms with E-state index in [2.05, 4.69) is 5.32 Å². The monoisotopic (exact) mass is 610 g/mol. The average Bonchev–Trinajstić information content (AvgIpc) is 2.97. The third-order valence-corrected chi connectivity index (χ3v) is 7.94. The van der Waals surface area contributed by atoms with Crippen LogP contribution in [-0.2, 0) is 14.3 Å². The average molecular weight is 611 g/mol. The number of nitrogens with zero attached hydrogens (tertiary/aromatic N) is 1. The molecule has 2 aromatic carbocycles. The van der Waals surface area contributed by atoms with Crippen LogP contribution < -0.4 is 5.32 Å². The molecule has 0 bridgehead atoms. The van der Waals surface area contributed by atoms with E-state index in [-0.39, 0.29) is 31.7 Å². The van der Waals surface area contributed by atoms with Crippen LogP contribution in [0.25, 0.3) is 0 Å². The zero-order chi connectivity index (χ0) is 31.0. The van der Waals surface area contributed by atoms with E-state index < -0.39 is 29.3 Å². The van der Waals surface area contributed by atoms with Crippen molar-refractivity contribution in [1.29, 1.82) is 0 Å². The van der Waals surface area contributed by atoms with E-state index in [1.807, 2.05) is 42.5 Å². The number of hydrogen-bond donors (Lipinski definition) is 3. The van der Waals surface area contributed by atoms with Gasteiger partial charge >= 0.3 is 12.1 Å². The van der Waals surface area contributed by atoms with Gasteiger partial charge in [-0.1, -0.05) is 66.6 Å². The van der Waals surface area contributed by atoms with Gasteiger partial charge in [-0.15, -0.1) is 0 Å². The second-order valence-corrected chi connectivity index (χ2v) is 12.7. The Kier molecular flexibility index (Phi) is 10.9. The number of ether oxygens (including phenoxy) is 2. The molecule has 9 heteroatoms. The molecule has 2 aliphatic carbocycles. The summed E-state index contributed by atoms with van der Waals surface area (Å²) in [5.41, 5.74) is -0.777. The molecule has 3 atom stereocenters. The van der Waals surface area contributed by atoms with Crippen LogP contribution in [0.3, 0.4) is 0 Å². The van der Waals surface area contributed by atoms with Gasteiger partial charge in [-0.05, 0) is 81.9 Å². The Labute approximate surface area is 259 Å². The number of aliphatic hydroxyl groups excluding tert-OH is 1. The van der Waals surface area contributed by atoms with Crippen molar-refractivity contribution < 1.29 is 29.3 Å². The number of halogens is 1. The molecule has 0 radical (unpaired) electrons. The molecule has 2 unspecified atom stereocenters. The Morgan fingerprint density at radius 2 is 1.81 bits per heavy atom. The standard InChI is InChI=1S/C34H43ClN2O6/c1-33(2,3)43-32(41)37(23-29(38)26-13-10-14-27(35)21-26)20-19-36-34(31(39)40)18-17-25(24-11-6-4-7-12-24)22-30(34)42-28-15-8-5-9-16-28/h4,6-7,10-14,17-18,21-22,25,28-29,36,38H,5,8-9,15-16,19-20,23H2,1-3H3,(H,39,40)/t25?,29-,34?/m0/s1. The van der Waals surface area contributed by atoms with Crippen LogP contribution >= 0.6 is 11.6 Å². The number of nitrogens with one attached hydrogen (secondary N) is 1. The molecule has 4 rings (SSSR count). The van der Waals surface area contributed by atoms with Crippen LogP contribution in [0.1, 0.15) is 76.0 Å². The van der Waals surface area contributed by atoms with Crippen molar-refractivity contribution in [1.82, 2.24) is 10.2 Å². The molecule has 8 nitrogen and oxygen atoms in total. The molecule has 1 amide bonds. The maximum absolute atomic E-state index is 13.2. The molecule has 43 heavy (non-hydrogen) atoms. The maximum Gasteiger partial charge on any atom is 0.410 e. The summed E-state index contributed by atoms with van der Waals surface area (Å²) in [7, 11) is 0. The Balaban J connectivity index is 1.56. The van der Waals surface area contributed by atoms with Crippen LogP contribution in [0.4, 0.5) is 4.79 Å². The third kappa shape index (κ3) is 8.85. The fraction of sp³-hybridized carbons (Fsp3) is 0.471. The van der Waals surface area contributed by atoms with Gasteiger partial charge in [0.05, 0.1) is 18.8 Å². The van der Waals surface area contributed by atoms with Gasteiger partial charge < -0.3 is 24.6 Å². The number of carbonyl (C=O) groups is 2. The van der Waals surface area contributed by atoms with Crippen LogP contribution in [0.2, 0.25) is 5.02 Å². The molecule has 3 N–H and O–H groups in total. The number of carbonyl (C=O) groups excluding carboxylic acids is 1. The van der Waals surface area contributed by atoms with E-state index in [0.29, 0.717) is 16.3 Å². The van der Waals surface area contributed by atoms with Crippen molar-refractivity contribution in [3.05, 3.63) is 94.7 Å². The van der Waals surface area contributed by atoms with Crippen LogP contribution in [0, 0.1) is 0 Å². The first-order valence-corrected chi connectivity index (χ1v) is 15.4. The summed E-state index contributed by atoms with van der Waals surface area (Å²) in [6.07, 6.45) is 8.71. The molecule has 0 heterocycles. The van der Waals surface area contributed by atoms with Gasteiger partial charge in [0, 0.05) is 24.0 Å². The minimum absolute atomic E-state index is 0.0606. The summed E-state index contributed by atoms with van der Waals surface area (Å²) in [6.45, 7) is 5.41. The van der Waals surface area contributed by atoms with Gasteiger partial charge in [-0.2, -0.15) is 0 Å². The molecule has 0 spiro atoms. The SMILES string of the molecule is CC(C)(C)OC(=O)N(CCNC1(C(=O)O)C=CC(c2ccccc2)C=C1OC1CCCCC1)C[C@H](O)c1cccc(Cl)c1. The zero-order valence-corrected chi connectivity index (χ0v) is 25.9. The van der Waals surface area contributed by atoms with Gasteiger partial charge in [0.1, 0.15) is 11.4 Å². The number of allylic oxidation sites excluding steroid dienone is 2. The van der Waals surface area contributed by atoms with E-state index >= 15 is 0 Å². The number of aliphatic carboxylic acids is 1. The highest BCUT2D eigenvalue weighted by molar-refractivity contribution is 6.30. The molecule has 1 saturated carbocycles. The molecule has 0 saturated heterocycles. The summed E-state index contributed by atoms with van der Waals surface area (Å²) in [4.78, 5) is 27.5. The van der Waals surface area contributed by atoms with E-state index in [4.69, 9.17) is 21.1 Å². The highest BCUT2D eigenvalue weighted by atomic mass is 35.5. The number of benzene rings is 2. The molecule has 2 aliphatic rings. The highest BCUT2D eigenvalue weighted by Crippen LogP contribution is 2.35. The van der Waals surface area contributed by atoms with Crippen molar-refractivity contribution in [2.45, 2.75) is 82.1 Å². The molecule has 0 aliphatic heterocycles. The van der Waals surface area contributed by atoms with Crippen molar-refractivity contribution in [2.24, 2.45) is 0 Å². The largest absolute Gasteiger partial charge is 0.492 e. The summed E-state index contributed by atoms with van der Waals surface area (Å²) in [6, 6.07) is 16.7. The summed E-state index contributed by atoms with van der Waals surface area (Å²) >= 11 is 6.12. The number of amides is 1. The lowest BCUT2D eigenvalue weighted by Gasteiger charge is -2.37. The first kappa shape index (κ1) is 32.6. The van der Waals surface area contributed by atoms with Crippen LogP contribution in [0.15, 0.2) is 78.6 Å². The molecule has 1 fully saturated rings. The highest BCUT2D eigenvalue weighted by Gasteiger charge is 2.45. The number of carboxylic acids is 1. The predicted molar refractivity (Wildman–Crippen MR) is 167 cm³/mol. The van der Waals surface area contributed by atoms with Gasteiger partial charge in [0.25, 0.3) is 0 Å². The normalized spacial score (nSPS) is 21.5. The van der Waals surface area contributed by atoms with E-state index in [0.717, 1.165) is 37.7 Å². The Bertz CT molecular complexity index is 1300. The van der Waals surface area contributed by atoms with Crippen molar-refractivity contribution in [3.63, 3.8) is 0 Å². The Morgan fingerprint density at radius 3 is 2.47 bits per heavy atom. The van der Waals surface area contributed by atoms with E-state index in [1.165, 1.54) is 4.90 Å². The Hall–Kier alpha value is -3.33. The number of aliphatic hydroxyl groups is 1. The molecular formula is C34H43ClN2O6. The van der Waals surface area contributed by atoms with Crippen LogP contribution in [0.5, 0.6) is 0 Å². The Morgan fingerprint density at radius 1 is 1.09 bits per heavy atom. The third-order valence-electron chi connectivity index (χ3n) is 7.70. The van der Waals surface area contributed by atoms with Gasteiger partial charge in [-0.3, -0.25) is 5.32 Å². The fourth-order valence-corrected chi connectivity index (χ4v) is 5.65. The topological polar surface area (TPSA) is 108 Å². The molecule has 0 aromatic heterocycles. The smallest absolute Gasteiger partial charge is 0.410 e. The molecule has 2 aromatic rings. The van der Waals surface area contributed by atoms with E-state index in [1.54, 1.807) is 51.1 Å². The van der Waals surface area contributed by atoms with Crippen LogP contribution in [-0.4, -0.2) is 64.1 Å². The fourth-order valence-electron chi connectivity index (χ4n) is 5.46. The van der Waals surface area contributed by atoms with E-state index in [9.17, 15) is 19.8 Å². The van der Waals surface area contributed by atoms with Gasteiger partial charge in [0.15, 0.2) is 5.54 Å². The minimum atomic E-state index is -1.62. The molecule has 232 valence electrons. The summed E-state index contributed by atoms with van der Waals surface area (Å²) < 4.78 is 12.1. The summed E-state index contributed by atoms with van der Waals surface area (Å²) in [5.74, 6) is -0.883. The van der Waals surface area contributed by atoms with Gasteiger partial charge in [0.2, 0.25) is 0 Å². The molecular weight excluding hydrogens is 568 g/mol. The second kappa shape index (κ2) is 14.4. The minimum Gasteiger partial charge on any atom is -0.492 e. The number of rotatable bonds is 11. The van der Waals surface area contributed by atoms with Gasteiger partial charge in [-0.25, -0.2) is 9.59 Å². The van der Waals surface area contributed by atoms with Crippen molar-refractivity contribution in [2.75, 3.05) is 19.6 Å². The summed E-state index contributed by atoms with van der Waals surface area (Å²) in [5, 5.41) is 25.2. The quantitative estimate of drug-likeness (QED) is 0.246. The van der Waals surface area contributed by atoms with Crippen molar-refractivity contribution in [3.8, 4) is 0 Å². The van der Waals surface area contributed by atoms with Crippen molar-refractivity contribution >= 4 is 23.7 Å². The lowest BCUT2D eigenvalue weighted by atomic mass is 9.84. The first-order chi connectivity index (χ1) is 20.5.